The van der Waals surface area contributed by atoms with Gasteiger partial charge in [0.25, 0.3) is 0 Å². The maximum Gasteiger partial charge on any atom is 0.331 e. The number of β-lactam (4-membered cyclic amide) rings is 1. The first-order valence-corrected chi connectivity index (χ1v) is 8.07. The van der Waals surface area contributed by atoms with Gasteiger partial charge in [0.05, 0.1) is 11.2 Å². The largest absolute Gasteiger partial charge is 0.479 e. The number of carboxylic acid groups (broad SMARTS) is 1. The molecule has 0 aromatic carbocycles. The number of carbonyl (C=O) groups is 2. The fourth-order valence-corrected chi connectivity index (χ4v) is 4.18. The number of nitrogens with two attached hydrogens (primary N) is 1. The van der Waals surface area contributed by atoms with Crippen LogP contribution in [0, 0.1) is 6.92 Å². The summed E-state index contributed by atoms with van der Waals surface area (Å²) in [6, 6.07) is -1.57. The number of thiazole rings is 1. The molecule has 6 nitrogen and oxygen atoms in total. The molecular weight excluding hydrogens is 310 g/mol. The fourth-order valence-electron chi connectivity index (χ4n) is 2.34. The molecule has 2 aliphatic rings. The van der Waals surface area contributed by atoms with Crippen LogP contribution in [-0.2, 0) is 9.59 Å². The molecule has 1 fully saturated rings. The van der Waals surface area contributed by atoms with Crippen molar-refractivity contribution in [2.45, 2.75) is 24.4 Å². The summed E-state index contributed by atoms with van der Waals surface area (Å²) in [6.45, 7) is 1.89. The number of hydrogen-bond acceptors (Lipinski definition) is 6. The van der Waals surface area contributed by atoms with Gasteiger partial charge >= 0.3 is 5.97 Å². The van der Waals surface area contributed by atoms with Gasteiger partial charge in [-0.2, -0.15) is 0 Å². The fraction of sp³-hybridized carbons (Fsp3) is 0.308. The number of carboxylic acids is 1. The minimum atomic E-state index is -1.04. The van der Waals surface area contributed by atoms with Crippen molar-refractivity contribution in [2.24, 2.45) is 5.73 Å². The van der Waals surface area contributed by atoms with Crippen LogP contribution in [0.25, 0.3) is 6.08 Å². The lowest BCUT2D eigenvalue weighted by Gasteiger charge is -2.49. The van der Waals surface area contributed by atoms with Gasteiger partial charge in [-0.1, -0.05) is 6.08 Å². The van der Waals surface area contributed by atoms with E-state index in [1.165, 1.54) is 28.0 Å². The number of aryl methyl sites for hydroxylation is 1. The highest BCUT2D eigenvalue weighted by molar-refractivity contribution is 8.03. The summed E-state index contributed by atoms with van der Waals surface area (Å²) in [4.78, 5) is 29.8. The lowest BCUT2D eigenvalue weighted by Crippen LogP contribution is -2.72. The van der Waals surface area contributed by atoms with E-state index in [4.69, 9.17) is 5.73 Å². The summed E-state index contributed by atoms with van der Waals surface area (Å²) in [5.74, 6) is -1.36. The van der Waals surface area contributed by atoms with Gasteiger partial charge in [-0.25, -0.2) is 9.78 Å². The lowest BCUT2D eigenvalue weighted by atomic mass is 9.98. The third-order valence-electron chi connectivity index (χ3n) is 3.50. The first-order chi connectivity index (χ1) is 10.0. The Labute approximate surface area is 129 Å². The Bertz CT molecular complexity index is 667. The number of nitrogens with zero attached hydrogens (tertiary/aromatic N) is 2. The normalized spacial score (nSPS) is 28.3. The minimum absolute atomic E-state index is 0.277. The first kappa shape index (κ1) is 14.3. The average Bonchev–Trinajstić information content (AvgIpc) is 2.88. The third-order valence-corrected chi connectivity index (χ3v) is 5.61. The number of rotatable bonds is 3. The number of thioether (sulfide) groups is 1. The Balaban J connectivity index is 1.89. The molecule has 8 heteroatoms. The van der Waals surface area contributed by atoms with Crippen LogP contribution in [0.15, 0.2) is 22.6 Å². The topological polar surface area (TPSA) is 96.5 Å². The third kappa shape index (κ3) is 2.29. The summed E-state index contributed by atoms with van der Waals surface area (Å²) >= 11 is 2.87. The summed E-state index contributed by atoms with van der Waals surface area (Å²) in [5.41, 5.74) is 8.91. The molecule has 1 saturated heterocycles. The molecule has 3 rings (SSSR count). The molecule has 110 valence electrons. The van der Waals surface area contributed by atoms with E-state index in [1.54, 1.807) is 17.0 Å². The Hall–Kier alpha value is -1.64. The number of hydrogen-bond donors (Lipinski definition) is 2. The Morgan fingerprint density at radius 3 is 2.90 bits per heavy atom. The summed E-state index contributed by atoms with van der Waals surface area (Å²) in [7, 11) is 0. The maximum atomic E-state index is 11.8. The van der Waals surface area contributed by atoms with Crippen molar-refractivity contribution in [3.63, 3.8) is 0 Å². The molecule has 3 heterocycles. The van der Waals surface area contributed by atoms with Gasteiger partial charge in [0.1, 0.15) is 11.4 Å². The van der Waals surface area contributed by atoms with Gasteiger partial charge in [0, 0.05) is 4.88 Å². The molecule has 21 heavy (non-hydrogen) atoms. The molecule has 1 aromatic rings. The van der Waals surface area contributed by atoms with Crippen LogP contribution in [0.1, 0.15) is 10.6 Å². The van der Waals surface area contributed by atoms with Crippen molar-refractivity contribution < 1.29 is 14.7 Å². The molecule has 0 saturated carbocycles. The summed E-state index contributed by atoms with van der Waals surface area (Å²) < 4.78 is 0. The van der Waals surface area contributed by atoms with Crippen LogP contribution in [0.4, 0.5) is 0 Å². The maximum absolute atomic E-state index is 11.8. The second kappa shape index (κ2) is 5.28. The van der Waals surface area contributed by atoms with Crippen molar-refractivity contribution >= 4 is 41.1 Å². The SMILES string of the molecule is Cc1ncsc1/C=C\C1=CSC2C(N)C(=O)N2C1C(=O)O. The standard InChI is InChI=1S/C13H13N3O3S2/c1-6-8(21-5-15-6)3-2-7-4-20-12-9(14)11(17)16(12)10(7)13(18)19/h2-5,9-10,12H,14H2,1H3,(H,18,19)/b3-2-. The molecule has 1 aromatic heterocycles. The molecule has 3 unspecified atom stereocenters. The highest BCUT2D eigenvalue weighted by Crippen LogP contribution is 2.39. The van der Waals surface area contributed by atoms with Gasteiger partial charge < -0.3 is 15.7 Å². The van der Waals surface area contributed by atoms with Crippen LogP contribution in [-0.4, -0.2) is 44.3 Å². The second-order valence-corrected chi connectivity index (χ2v) is 6.67. The van der Waals surface area contributed by atoms with E-state index in [1.807, 2.05) is 13.0 Å². The van der Waals surface area contributed by atoms with Crippen molar-refractivity contribution in [1.82, 2.24) is 9.88 Å². The van der Waals surface area contributed by atoms with E-state index in [0.717, 1.165) is 10.6 Å². The van der Waals surface area contributed by atoms with Gasteiger partial charge in [-0.05, 0) is 24.0 Å². The van der Waals surface area contributed by atoms with E-state index in [0.29, 0.717) is 5.57 Å². The smallest absolute Gasteiger partial charge is 0.331 e. The average molecular weight is 323 g/mol. The molecular formula is C13H13N3O3S2. The Morgan fingerprint density at radius 2 is 2.29 bits per heavy atom. The van der Waals surface area contributed by atoms with Crippen LogP contribution < -0.4 is 5.73 Å². The number of amides is 1. The van der Waals surface area contributed by atoms with Crippen LogP contribution >= 0.6 is 23.1 Å². The van der Waals surface area contributed by atoms with E-state index in [2.05, 4.69) is 4.98 Å². The minimum Gasteiger partial charge on any atom is -0.479 e. The molecule has 3 N–H and O–H groups in total. The summed E-state index contributed by atoms with van der Waals surface area (Å²) in [5, 5.41) is 10.9. The highest BCUT2D eigenvalue weighted by atomic mass is 32.2. The Morgan fingerprint density at radius 1 is 1.52 bits per heavy atom. The van der Waals surface area contributed by atoms with Crippen LogP contribution in [0.3, 0.4) is 0 Å². The number of aliphatic carboxylic acids is 1. The zero-order chi connectivity index (χ0) is 15.1. The first-order valence-electron chi connectivity index (χ1n) is 6.25. The van der Waals surface area contributed by atoms with Gasteiger partial charge in [0.15, 0.2) is 6.04 Å². The van der Waals surface area contributed by atoms with Crippen molar-refractivity contribution in [1.29, 1.82) is 0 Å². The lowest BCUT2D eigenvalue weighted by molar-refractivity contribution is -0.157. The molecule has 0 spiro atoms. The van der Waals surface area contributed by atoms with Gasteiger partial charge in [0.2, 0.25) is 5.91 Å². The second-order valence-electron chi connectivity index (χ2n) is 4.79. The van der Waals surface area contributed by atoms with E-state index < -0.39 is 18.1 Å². The van der Waals surface area contributed by atoms with E-state index in [9.17, 15) is 14.7 Å². The van der Waals surface area contributed by atoms with Crippen LogP contribution in [0.5, 0.6) is 0 Å². The number of fused-ring (bicyclic) bond motifs is 1. The molecule has 3 atom stereocenters. The van der Waals surface area contributed by atoms with E-state index in [-0.39, 0.29) is 11.3 Å². The monoisotopic (exact) mass is 323 g/mol. The highest BCUT2D eigenvalue weighted by Gasteiger charge is 2.53. The molecule has 0 bridgehead atoms. The van der Waals surface area contributed by atoms with Crippen molar-refractivity contribution in [3.8, 4) is 0 Å². The number of aromatic nitrogens is 1. The zero-order valence-electron chi connectivity index (χ0n) is 11.1. The molecule has 1 amide bonds. The zero-order valence-corrected chi connectivity index (χ0v) is 12.7. The van der Waals surface area contributed by atoms with Gasteiger partial charge in [-0.15, -0.1) is 23.1 Å². The van der Waals surface area contributed by atoms with E-state index >= 15 is 0 Å². The predicted octanol–water partition coefficient (Wildman–Crippen LogP) is 1.04. The number of carbonyl (C=O) groups excluding carboxylic acids is 1. The Kier molecular flexibility index (Phi) is 3.60. The van der Waals surface area contributed by atoms with Crippen LogP contribution in [0.2, 0.25) is 0 Å². The van der Waals surface area contributed by atoms with Crippen molar-refractivity contribution in [3.05, 3.63) is 33.1 Å². The molecule has 0 radical (unpaired) electrons. The predicted molar refractivity (Wildman–Crippen MR) is 81.6 cm³/mol. The quantitative estimate of drug-likeness (QED) is 0.807. The van der Waals surface area contributed by atoms with Crippen molar-refractivity contribution in [2.75, 3.05) is 0 Å². The summed E-state index contributed by atoms with van der Waals surface area (Å²) in [6.07, 6.45) is 3.57. The molecule has 2 aliphatic heterocycles. The molecule has 0 aliphatic carbocycles. The van der Waals surface area contributed by atoms with Gasteiger partial charge in [-0.3, -0.25) is 4.79 Å².